The summed E-state index contributed by atoms with van der Waals surface area (Å²) in [6, 6.07) is 7.86. The van der Waals surface area contributed by atoms with E-state index in [1.54, 1.807) is 0 Å². The quantitative estimate of drug-likeness (QED) is 0.789. The van der Waals surface area contributed by atoms with Crippen LogP contribution in [0.5, 0.6) is 0 Å². The number of nitrogens with zero attached hydrogens (tertiary/aromatic N) is 1. The molecule has 1 rings (SSSR count). The molecule has 0 aliphatic rings. The van der Waals surface area contributed by atoms with Gasteiger partial charge in [-0.3, -0.25) is 9.69 Å². The molecule has 0 saturated carbocycles. The number of rotatable bonds is 7. The van der Waals surface area contributed by atoms with Crippen molar-refractivity contribution < 1.29 is 9.90 Å². The predicted molar refractivity (Wildman–Crippen MR) is 69.0 cm³/mol. The predicted octanol–water partition coefficient (Wildman–Crippen LogP) is 2.55. The zero-order chi connectivity index (χ0) is 12.7. The maximum Gasteiger partial charge on any atom is 0.307 e. The van der Waals surface area contributed by atoms with Gasteiger partial charge in [-0.25, -0.2) is 0 Å². The summed E-state index contributed by atoms with van der Waals surface area (Å²) in [7, 11) is 0. The number of benzene rings is 1. The third-order valence-electron chi connectivity index (χ3n) is 2.77. The molecule has 1 N–H and O–H groups in total. The van der Waals surface area contributed by atoms with E-state index in [0.29, 0.717) is 0 Å². The van der Waals surface area contributed by atoms with Gasteiger partial charge in [-0.05, 0) is 30.6 Å². The van der Waals surface area contributed by atoms with Crippen LogP contribution in [0.4, 0.5) is 0 Å². The minimum atomic E-state index is -0.779. The van der Waals surface area contributed by atoms with E-state index in [1.165, 1.54) is 5.56 Å². The molecule has 0 fully saturated rings. The molecule has 17 heavy (non-hydrogen) atoms. The van der Waals surface area contributed by atoms with Crippen molar-refractivity contribution in [3.8, 4) is 0 Å². The van der Waals surface area contributed by atoms with E-state index in [9.17, 15) is 4.79 Å². The smallest absolute Gasteiger partial charge is 0.307 e. The van der Waals surface area contributed by atoms with Gasteiger partial charge in [0.1, 0.15) is 0 Å². The van der Waals surface area contributed by atoms with Crippen LogP contribution in [0.15, 0.2) is 24.3 Å². The Morgan fingerprint density at radius 3 is 2.24 bits per heavy atom. The molecule has 0 aliphatic carbocycles. The lowest BCUT2D eigenvalue weighted by atomic mass is 10.1. The van der Waals surface area contributed by atoms with Crippen LogP contribution in [0.1, 0.15) is 31.4 Å². The van der Waals surface area contributed by atoms with Crippen molar-refractivity contribution >= 4 is 5.97 Å². The van der Waals surface area contributed by atoms with E-state index in [2.05, 4.69) is 18.7 Å². The number of carboxylic acids is 1. The fourth-order valence-electron chi connectivity index (χ4n) is 1.86. The van der Waals surface area contributed by atoms with Crippen LogP contribution in [-0.4, -0.2) is 29.1 Å². The summed E-state index contributed by atoms with van der Waals surface area (Å²) in [5, 5.41) is 8.68. The zero-order valence-corrected chi connectivity index (χ0v) is 10.6. The molecule has 0 amide bonds. The maximum absolute atomic E-state index is 10.6. The summed E-state index contributed by atoms with van der Waals surface area (Å²) in [5.41, 5.74) is 2.11. The van der Waals surface area contributed by atoms with Crippen molar-refractivity contribution in [2.45, 2.75) is 33.2 Å². The SMILES string of the molecule is CCCN(CC)Cc1ccc(CC(=O)O)cc1. The third kappa shape index (κ3) is 5.00. The lowest BCUT2D eigenvalue weighted by Crippen LogP contribution is -2.23. The van der Waals surface area contributed by atoms with E-state index in [4.69, 9.17) is 5.11 Å². The van der Waals surface area contributed by atoms with Gasteiger partial charge in [-0.15, -0.1) is 0 Å². The van der Waals surface area contributed by atoms with E-state index in [1.807, 2.05) is 24.3 Å². The van der Waals surface area contributed by atoms with Crippen molar-refractivity contribution in [2.24, 2.45) is 0 Å². The first-order valence-corrected chi connectivity index (χ1v) is 6.17. The molecule has 3 heteroatoms. The Morgan fingerprint density at radius 2 is 1.76 bits per heavy atom. The van der Waals surface area contributed by atoms with E-state index in [-0.39, 0.29) is 6.42 Å². The van der Waals surface area contributed by atoms with Gasteiger partial charge in [-0.2, -0.15) is 0 Å². The number of hydrogen-bond donors (Lipinski definition) is 1. The van der Waals surface area contributed by atoms with Gasteiger partial charge < -0.3 is 5.11 Å². The minimum absolute atomic E-state index is 0.104. The van der Waals surface area contributed by atoms with Gasteiger partial charge in [0.2, 0.25) is 0 Å². The minimum Gasteiger partial charge on any atom is -0.481 e. The molecule has 0 bridgehead atoms. The maximum atomic E-state index is 10.6. The largest absolute Gasteiger partial charge is 0.481 e. The standard InChI is InChI=1S/C14H21NO2/c1-3-9-15(4-2)11-13-7-5-12(6-8-13)10-14(16)17/h5-8H,3-4,9-11H2,1-2H3,(H,16,17). The Morgan fingerprint density at radius 1 is 1.18 bits per heavy atom. The number of carboxylic acid groups (broad SMARTS) is 1. The van der Waals surface area contributed by atoms with Crippen LogP contribution in [0.2, 0.25) is 0 Å². The van der Waals surface area contributed by atoms with Crippen molar-refractivity contribution in [1.29, 1.82) is 0 Å². The van der Waals surface area contributed by atoms with E-state index >= 15 is 0 Å². The molecule has 3 nitrogen and oxygen atoms in total. The normalized spacial score (nSPS) is 10.8. The van der Waals surface area contributed by atoms with Crippen molar-refractivity contribution in [3.05, 3.63) is 35.4 Å². The first-order chi connectivity index (χ1) is 8.15. The highest BCUT2D eigenvalue weighted by Gasteiger charge is 2.04. The summed E-state index contributed by atoms with van der Waals surface area (Å²) in [6.07, 6.45) is 1.26. The Hall–Kier alpha value is -1.35. The molecule has 1 aromatic carbocycles. The molecule has 0 aliphatic heterocycles. The molecule has 0 saturated heterocycles. The third-order valence-corrected chi connectivity index (χ3v) is 2.77. The van der Waals surface area contributed by atoms with Crippen LogP contribution < -0.4 is 0 Å². The van der Waals surface area contributed by atoms with Crippen molar-refractivity contribution in [3.63, 3.8) is 0 Å². The molecule has 94 valence electrons. The van der Waals surface area contributed by atoms with E-state index in [0.717, 1.165) is 31.6 Å². The average molecular weight is 235 g/mol. The molecular weight excluding hydrogens is 214 g/mol. The lowest BCUT2D eigenvalue weighted by molar-refractivity contribution is -0.136. The van der Waals surface area contributed by atoms with Crippen LogP contribution in [-0.2, 0) is 17.8 Å². The van der Waals surface area contributed by atoms with Crippen LogP contribution in [0, 0.1) is 0 Å². The first-order valence-electron chi connectivity index (χ1n) is 6.17. The second-order valence-corrected chi connectivity index (χ2v) is 4.26. The van der Waals surface area contributed by atoms with Crippen molar-refractivity contribution in [2.75, 3.05) is 13.1 Å². The molecule has 0 spiro atoms. The molecule has 1 aromatic rings. The molecule has 0 aromatic heterocycles. The molecular formula is C14H21NO2. The number of carbonyl (C=O) groups is 1. The Kier molecular flexibility index (Phi) is 5.70. The van der Waals surface area contributed by atoms with Crippen LogP contribution in [0.25, 0.3) is 0 Å². The van der Waals surface area contributed by atoms with Gasteiger partial charge >= 0.3 is 5.97 Å². The molecule has 0 unspecified atom stereocenters. The summed E-state index contributed by atoms with van der Waals surface area (Å²) in [4.78, 5) is 12.9. The molecule has 0 heterocycles. The highest BCUT2D eigenvalue weighted by Crippen LogP contribution is 2.08. The van der Waals surface area contributed by atoms with E-state index < -0.39 is 5.97 Å². The fraction of sp³-hybridized carbons (Fsp3) is 0.500. The molecule has 0 atom stereocenters. The second kappa shape index (κ2) is 7.07. The highest BCUT2D eigenvalue weighted by molar-refractivity contribution is 5.70. The number of hydrogen-bond acceptors (Lipinski definition) is 2. The van der Waals surface area contributed by atoms with Crippen LogP contribution >= 0.6 is 0 Å². The highest BCUT2D eigenvalue weighted by atomic mass is 16.4. The summed E-state index contributed by atoms with van der Waals surface area (Å²) < 4.78 is 0. The van der Waals surface area contributed by atoms with Gasteiger partial charge in [0.25, 0.3) is 0 Å². The van der Waals surface area contributed by atoms with Gasteiger partial charge in [0, 0.05) is 6.54 Å². The number of aliphatic carboxylic acids is 1. The Bertz CT molecular complexity index is 346. The fourth-order valence-corrected chi connectivity index (χ4v) is 1.86. The lowest BCUT2D eigenvalue weighted by Gasteiger charge is -2.19. The second-order valence-electron chi connectivity index (χ2n) is 4.26. The Balaban J connectivity index is 2.57. The monoisotopic (exact) mass is 235 g/mol. The zero-order valence-electron chi connectivity index (χ0n) is 10.6. The van der Waals surface area contributed by atoms with Gasteiger partial charge in [0.15, 0.2) is 0 Å². The Labute approximate surface area is 103 Å². The summed E-state index contributed by atoms with van der Waals surface area (Å²) in [6.45, 7) is 7.43. The van der Waals surface area contributed by atoms with Crippen LogP contribution in [0.3, 0.4) is 0 Å². The average Bonchev–Trinajstić information content (AvgIpc) is 2.30. The van der Waals surface area contributed by atoms with Gasteiger partial charge in [0.05, 0.1) is 6.42 Å². The molecule has 0 radical (unpaired) electrons. The summed E-state index contributed by atoms with van der Waals surface area (Å²) in [5.74, 6) is -0.779. The van der Waals surface area contributed by atoms with Crippen molar-refractivity contribution in [1.82, 2.24) is 4.90 Å². The topological polar surface area (TPSA) is 40.5 Å². The first kappa shape index (κ1) is 13.7. The van der Waals surface area contributed by atoms with Gasteiger partial charge in [-0.1, -0.05) is 38.1 Å². The summed E-state index contributed by atoms with van der Waals surface area (Å²) >= 11 is 0.